The van der Waals surface area contributed by atoms with Crippen LogP contribution in [0.3, 0.4) is 0 Å². The first-order valence-electron chi connectivity index (χ1n) is 8.61. The quantitative estimate of drug-likeness (QED) is 0.469. The van der Waals surface area contributed by atoms with E-state index in [1.165, 1.54) is 22.4 Å². The van der Waals surface area contributed by atoms with Crippen LogP contribution in [0, 0.1) is 20.8 Å². The van der Waals surface area contributed by atoms with Gasteiger partial charge in [-0.3, -0.25) is 4.99 Å². The molecule has 1 aromatic carbocycles. The zero-order valence-corrected chi connectivity index (χ0v) is 15.9. The summed E-state index contributed by atoms with van der Waals surface area (Å²) in [6.07, 6.45) is 0. The molecule has 0 aliphatic carbocycles. The van der Waals surface area contributed by atoms with Crippen LogP contribution in [0.1, 0.15) is 16.7 Å². The van der Waals surface area contributed by atoms with E-state index in [1.54, 1.807) is 0 Å². The van der Waals surface area contributed by atoms with E-state index in [4.69, 9.17) is 15.5 Å². The van der Waals surface area contributed by atoms with Gasteiger partial charge < -0.3 is 20.7 Å². The van der Waals surface area contributed by atoms with Crippen molar-refractivity contribution in [1.82, 2.24) is 4.90 Å². The Morgan fingerprint density at radius 3 is 2.50 bits per heavy atom. The molecule has 2 rings (SSSR count). The lowest BCUT2D eigenvalue weighted by Crippen LogP contribution is -2.44. The van der Waals surface area contributed by atoms with Crippen molar-refractivity contribution < 1.29 is 4.74 Å². The Morgan fingerprint density at radius 1 is 1.21 bits per heavy atom. The van der Waals surface area contributed by atoms with Crippen LogP contribution >= 0.6 is 11.8 Å². The van der Waals surface area contributed by atoms with Gasteiger partial charge in [0.25, 0.3) is 0 Å². The average molecular weight is 351 g/mol. The first-order chi connectivity index (χ1) is 11.6. The van der Waals surface area contributed by atoms with Crippen LogP contribution in [0.15, 0.2) is 17.1 Å². The smallest absolute Gasteiger partial charge is 0.198 e. The Hall–Kier alpha value is -1.24. The SMILES string of the molecule is Cc1cc(C)c(NC(=NCCSCCN)N2CCOCC2)c(C)c1. The number of aryl methyl sites for hydroxylation is 3. The number of nitrogens with zero attached hydrogens (tertiary/aromatic N) is 2. The number of anilines is 1. The summed E-state index contributed by atoms with van der Waals surface area (Å²) in [6.45, 7) is 11.2. The third kappa shape index (κ3) is 5.69. The maximum atomic E-state index is 5.54. The number of morpholine rings is 1. The lowest BCUT2D eigenvalue weighted by Gasteiger charge is -2.31. The van der Waals surface area contributed by atoms with Crippen molar-refractivity contribution in [3.8, 4) is 0 Å². The van der Waals surface area contributed by atoms with E-state index >= 15 is 0 Å². The molecule has 134 valence electrons. The molecule has 6 heteroatoms. The van der Waals surface area contributed by atoms with E-state index in [0.717, 1.165) is 56.9 Å². The molecule has 0 saturated carbocycles. The predicted octanol–water partition coefficient (Wildman–Crippen LogP) is 2.40. The van der Waals surface area contributed by atoms with Crippen molar-refractivity contribution in [3.05, 3.63) is 28.8 Å². The monoisotopic (exact) mass is 350 g/mol. The second-order valence-electron chi connectivity index (χ2n) is 6.10. The molecule has 1 fully saturated rings. The minimum absolute atomic E-state index is 0.727. The zero-order chi connectivity index (χ0) is 17.4. The highest BCUT2D eigenvalue weighted by molar-refractivity contribution is 7.99. The molecule has 0 spiro atoms. The van der Waals surface area contributed by atoms with Gasteiger partial charge >= 0.3 is 0 Å². The van der Waals surface area contributed by atoms with Gasteiger partial charge in [0.15, 0.2) is 5.96 Å². The number of guanidine groups is 1. The summed E-state index contributed by atoms with van der Waals surface area (Å²) in [5, 5.41) is 3.59. The van der Waals surface area contributed by atoms with Crippen molar-refractivity contribution in [2.45, 2.75) is 20.8 Å². The van der Waals surface area contributed by atoms with Crippen LogP contribution in [0.2, 0.25) is 0 Å². The van der Waals surface area contributed by atoms with Gasteiger partial charge in [-0.05, 0) is 31.9 Å². The van der Waals surface area contributed by atoms with Gasteiger partial charge in [-0.15, -0.1) is 0 Å². The number of benzene rings is 1. The minimum atomic E-state index is 0.727. The van der Waals surface area contributed by atoms with Crippen molar-refractivity contribution in [3.63, 3.8) is 0 Å². The molecule has 0 aromatic heterocycles. The summed E-state index contributed by atoms with van der Waals surface area (Å²) >= 11 is 1.85. The molecular formula is C18H30N4OS. The molecule has 24 heavy (non-hydrogen) atoms. The molecule has 0 bridgehead atoms. The van der Waals surface area contributed by atoms with Crippen molar-refractivity contribution in [2.75, 3.05) is 56.2 Å². The van der Waals surface area contributed by atoms with Gasteiger partial charge in [0.1, 0.15) is 0 Å². The number of ether oxygens (including phenoxy) is 1. The summed E-state index contributed by atoms with van der Waals surface area (Å²) in [5.41, 5.74) is 10.5. The molecule has 1 aliphatic heterocycles. The third-order valence-electron chi connectivity index (χ3n) is 3.98. The largest absolute Gasteiger partial charge is 0.378 e. The number of thioether (sulfide) groups is 1. The van der Waals surface area contributed by atoms with Crippen molar-refractivity contribution >= 4 is 23.4 Å². The van der Waals surface area contributed by atoms with Crippen LogP contribution in [0.5, 0.6) is 0 Å². The van der Waals surface area contributed by atoms with E-state index in [1.807, 2.05) is 11.8 Å². The highest BCUT2D eigenvalue weighted by Gasteiger charge is 2.16. The Bertz CT molecular complexity index is 533. The Balaban J connectivity index is 2.11. The fourth-order valence-electron chi connectivity index (χ4n) is 2.88. The molecule has 1 aromatic rings. The molecule has 3 N–H and O–H groups in total. The second kappa shape index (κ2) is 9.91. The van der Waals surface area contributed by atoms with Gasteiger partial charge in [0.05, 0.1) is 19.8 Å². The van der Waals surface area contributed by atoms with Crippen LogP contribution in [-0.4, -0.2) is 61.8 Å². The molecule has 1 saturated heterocycles. The lowest BCUT2D eigenvalue weighted by molar-refractivity contribution is 0.0679. The number of hydrogen-bond acceptors (Lipinski definition) is 4. The van der Waals surface area contributed by atoms with Gasteiger partial charge in [-0.2, -0.15) is 11.8 Å². The summed E-state index contributed by atoms with van der Waals surface area (Å²) in [7, 11) is 0. The van der Waals surface area contributed by atoms with Crippen LogP contribution in [0.25, 0.3) is 0 Å². The third-order valence-corrected chi connectivity index (χ3v) is 4.98. The molecule has 5 nitrogen and oxygen atoms in total. The van der Waals surface area contributed by atoms with E-state index in [9.17, 15) is 0 Å². The second-order valence-corrected chi connectivity index (χ2v) is 7.33. The minimum Gasteiger partial charge on any atom is -0.378 e. The summed E-state index contributed by atoms with van der Waals surface area (Å²) in [6, 6.07) is 4.42. The van der Waals surface area contributed by atoms with Crippen LogP contribution in [-0.2, 0) is 4.74 Å². The normalized spacial score (nSPS) is 15.7. The van der Waals surface area contributed by atoms with Gasteiger partial charge in [0, 0.05) is 36.8 Å². The Kier molecular flexibility index (Phi) is 7.88. The molecule has 1 aliphatic rings. The topological polar surface area (TPSA) is 62.9 Å². The first-order valence-corrected chi connectivity index (χ1v) is 9.77. The summed E-state index contributed by atoms with van der Waals surface area (Å²) in [5.74, 6) is 2.95. The first kappa shape index (κ1) is 19.1. The Labute approximate surface area is 150 Å². The van der Waals surface area contributed by atoms with Crippen molar-refractivity contribution in [1.29, 1.82) is 0 Å². The predicted molar refractivity (Wildman–Crippen MR) is 105 cm³/mol. The molecule has 0 unspecified atom stereocenters. The molecule has 0 radical (unpaired) electrons. The van der Waals surface area contributed by atoms with Crippen LogP contribution < -0.4 is 11.1 Å². The molecule has 1 heterocycles. The number of nitrogens with one attached hydrogen (secondary N) is 1. The standard InChI is InChI=1S/C18H30N4OS/c1-14-12-15(2)17(16(3)13-14)21-18(20-5-11-24-10-4-19)22-6-8-23-9-7-22/h12-13H,4-11,19H2,1-3H3,(H,20,21). The number of nitrogens with two attached hydrogens (primary N) is 1. The van der Waals surface area contributed by atoms with E-state index in [-0.39, 0.29) is 0 Å². The van der Waals surface area contributed by atoms with E-state index in [0.29, 0.717) is 0 Å². The van der Waals surface area contributed by atoms with Gasteiger partial charge in [-0.1, -0.05) is 17.7 Å². The zero-order valence-electron chi connectivity index (χ0n) is 15.1. The number of hydrogen-bond donors (Lipinski definition) is 2. The molecule has 0 amide bonds. The Morgan fingerprint density at radius 2 is 1.88 bits per heavy atom. The fourth-order valence-corrected chi connectivity index (χ4v) is 3.48. The van der Waals surface area contributed by atoms with E-state index in [2.05, 4.69) is 43.1 Å². The van der Waals surface area contributed by atoms with Gasteiger partial charge in [0.2, 0.25) is 0 Å². The molecular weight excluding hydrogens is 320 g/mol. The highest BCUT2D eigenvalue weighted by atomic mass is 32.2. The lowest BCUT2D eigenvalue weighted by atomic mass is 10.1. The maximum absolute atomic E-state index is 5.54. The number of aliphatic imine (C=N–C) groups is 1. The van der Waals surface area contributed by atoms with Gasteiger partial charge in [-0.25, -0.2) is 0 Å². The fraction of sp³-hybridized carbons (Fsp3) is 0.611. The maximum Gasteiger partial charge on any atom is 0.198 e. The van der Waals surface area contributed by atoms with Crippen molar-refractivity contribution in [2.24, 2.45) is 10.7 Å². The molecule has 0 atom stereocenters. The summed E-state index contributed by atoms with van der Waals surface area (Å²) < 4.78 is 5.48. The average Bonchev–Trinajstić information content (AvgIpc) is 2.56. The van der Waals surface area contributed by atoms with Crippen LogP contribution in [0.4, 0.5) is 5.69 Å². The number of rotatable bonds is 6. The van der Waals surface area contributed by atoms with E-state index < -0.39 is 0 Å². The summed E-state index contributed by atoms with van der Waals surface area (Å²) in [4.78, 5) is 7.12. The highest BCUT2D eigenvalue weighted by Crippen LogP contribution is 2.22.